The second-order valence-electron chi connectivity index (χ2n) is 6.29. The molecule has 0 spiro atoms. The molecule has 2 atom stereocenters. The molecule has 0 heterocycles. The summed E-state index contributed by atoms with van der Waals surface area (Å²) in [6.07, 6.45) is -0.948. The second-order valence-corrected chi connectivity index (χ2v) is 11.0. The number of ether oxygens (including phenoxy) is 1. The Balaban J connectivity index is 4.55. The topological polar surface area (TPSA) is 46.5 Å². The SMILES string of the molecule is C[C@@H](C(=O)OC(C)(C)C)[C@H](O)C#C[Si](C)(C)C. The Labute approximate surface area is 106 Å². The standard InChI is InChI=1S/C13H24O3Si/c1-10(12(15)16-13(2,3)4)11(14)8-9-17(5,6)7/h10-11,14H,1-7H3/t10-,11-/m1/s1. The number of aliphatic hydroxyl groups excluding tert-OH is 1. The van der Waals surface area contributed by atoms with Gasteiger partial charge in [0.25, 0.3) is 0 Å². The molecular weight excluding hydrogens is 232 g/mol. The van der Waals surface area contributed by atoms with Crippen LogP contribution in [0.1, 0.15) is 27.7 Å². The second kappa shape index (κ2) is 5.70. The molecular formula is C13H24O3Si. The van der Waals surface area contributed by atoms with Crippen LogP contribution in [-0.4, -0.2) is 30.9 Å². The van der Waals surface area contributed by atoms with Crippen LogP contribution in [0, 0.1) is 17.4 Å². The highest BCUT2D eigenvalue weighted by Gasteiger charge is 2.26. The highest BCUT2D eigenvalue weighted by molar-refractivity contribution is 6.83. The Morgan fingerprint density at radius 3 is 2.12 bits per heavy atom. The van der Waals surface area contributed by atoms with Crippen LogP contribution in [0.3, 0.4) is 0 Å². The van der Waals surface area contributed by atoms with Crippen LogP contribution in [-0.2, 0) is 9.53 Å². The van der Waals surface area contributed by atoms with E-state index in [1.807, 2.05) is 0 Å². The van der Waals surface area contributed by atoms with Crippen molar-refractivity contribution in [3.63, 3.8) is 0 Å². The fourth-order valence-corrected chi connectivity index (χ4v) is 1.52. The van der Waals surface area contributed by atoms with Crippen LogP contribution in [0.5, 0.6) is 0 Å². The normalized spacial score (nSPS) is 15.5. The van der Waals surface area contributed by atoms with Gasteiger partial charge in [-0.25, -0.2) is 0 Å². The van der Waals surface area contributed by atoms with Crippen molar-refractivity contribution >= 4 is 14.0 Å². The summed E-state index contributed by atoms with van der Waals surface area (Å²) >= 11 is 0. The number of hydrogen-bond acceptors (Lipinski definition) is 3. The number of carbonyl (C=O) groups excluding carboxylic acids is 1. The predicted molar refractivity (Wildman–Crippen MR) is 72.1 cm³/mol. The van der Waals surface area contributed by atoms with Crippen molar-refractivity contribution in [3.05, 3.63) is 0 Å². The quantitative estimate of drug-likeness (QED) is 0.468. The lowest BCUT2D eigenvalue weighted by atomic mass is 10.1. The molecule has 0 rings (SSSR count). The van der Waals surface area contributed by atoms with E-state index in [1.165, 1.54) is 0 Å². The van der Waals surface area contributed by atoms with Crippen molar-refractivity contribution in [3.8, 4) is 11.5 Å². The molecule has 3 nitrogen and oxygen atoms in total. The van der Waals surface area contributed by atoms with Crippen molar-refractivity contribution in [1.29, 1.82) is 0 Å². The van der Waals surface area contributed by atoms with E-state index in [1.54, 1.807) is 27.7 Å². The van der Waals surface area contributed by atoms with Crippen LogP contribution in [0.2, 0.25) is 19.6 Å². The average Bonchev–Trinajstić information content (AvgIpc) is 2.08. The molecule has 17 heavy (non-hydrogen) atoms. The van der Waals surface area contributed by atoms with Gasteiger partial charge in [0.15, 0.2) is 0 Å². The molecule has 0 aliphatic carbocycles. The van der Waals surface area contributed by atoms with Gasteiger partial charge in [-0.05, 0) is 27.7 Å². The lowest BCUT2D eigenvalue weighted by Crippen LogP contribution is -2.33. The van der Waals surface area contributed by atoms with Gasteiger partial charge in [0, 0.05) is 0 Å². The molecule has 0 radical (unpaired) electrons. The van der Waals surface area contributed by atoms with E-state index in [4.69, 9.17) is 4.74 Å². The number of rotatable bonds is 2. The van der Waals surface area contributed by atoms with Gasteiger partial charge in [-0.2, -0.15) is 0 Å². The van der Waals surface area contributed by atoms with Crippen molar-refractivity contribution in [2.75, 3.05) is 0 Å². The predicted octanol–water partition coefficient (Wildman–Crippen LogP) is 2.21. The monoisotopic (exact) mass is 256 g/mol. The van der Waals surface area contributed by atoms with Gasteiger partial charge in [-0.3, -0.25) is 4.79 Å². The highest BCUT2D eigenvalue weighted by Crippen LogP contribution is 2.13. The Bertz CT molecular complexity index is 325. The average molecular weight is 256 g/mol. The van der Waals surface area contributed by atoms with Crippen LogP contribution < -0.4 is 0 Å². The minimum Gasteiger partial charge on any atom is -0.460 e. The molecule has 0 aromatic carbocycles. The fourth-order valence-electron chi connectivity index (χ4n) is 0.939. The summed E-state index contributed by atoms with van der Waals surface area (Å²) in [6.45, 7) is 13.3. The summed E-state index contributed by atoms with van der Waals surface area (Å²) in [5.41, 5.74) is 2.52. The molecule has 0 amide bonds. The lowest BCUT2D eigenvalue weighted by molar-refractivity contribution is -0.161. The van der Waals surface area contributed by atoms with E-state index < -0.39 is 31.7 Å². The third-order valence-electron chi connectivity index (χ3n) is 1.85. The van der Waals surface area contributed by atoms with E-state index in [2.05, 4.69) is 31.1 Å². The van der Waals surface area contributed by atoms with E-state index in [-0.39, 0.29) is 0 Å². The summed E-state index contributed by atoms with van der Waals surface area (Å²) in [7, 11) is -1.52. The maximum Gasteiger partial charge on any atom is 0.312 e. The van der Waals surface area contributed by atoms with Crippen LogP contribution in [0.15, 0.2) is 0 Å². The summed E-state index contributed by atoms with van der Waals surface area (Å²) in [4.78, 5) is 11.7. The summed E-state index contributed by atoms with van der Waals surface area (Å²) in [5, 5.41) is 9.80. The third kappa shape index (κ3) is 8.00. The van der Waals surface area contributed by atoms with Crippen molar-refractivity contribution in [1.82, 2.24) is 0 Å². The molecule has 0 aliphatic rings. The van der Waals surface area contributed by atoms with Crippen LogP contribution in [0.25, 0.3) is 0 Å². The highest BCUT2D eigenvalue weighted by atomic mass is 28.3. The summed E-state index contributed by atoms with van der Waals surface area (Å²) in [5.74, 6) is 1.74. The molecule has 0 saturated carbocycles. The molecule has 98 valence electrons. The number of hydrogen-bond donors (Lipinski definition) is 1. The van der Waals surface area contributed by atoms with Crippen molar-refractivity contribution in [2.45, 2.75) is 59.0 Å². The smallest absolute Gasteiger partial charge is 0.312 e. The van der Waals surface area contributed by atoms with Gasteiger partial charge in [0.2, 0.25) is 0 Å². The van der Waals surface area contributed by atoms with E-state index in [0.29, 0.717) is 0 Å². The van der Waals surface area contributed by atoms with Gasteiger partial charge in [0.05, 0.1) is 5.92 Å². The molecule has 0 aromatic heterocycles. The minimum absolute atomic E-state index is 0.408. The van der Waals surface area contributed by atoms with Gasteiger partial charge in [-0.1, -0.05) is 25.6 Å². The molecule has 0 fully saturated rings. The zero-order valence-electron chi connectivity index (χ0n) is 11.9. The van der Waals surface area contributed by atoms with E-state index >= 15 is 0 Å². The Hall–Kier alpha value is -0.793. The Morgan fingerprint density at radius 1 is 1.29 bits per heavy atom. The molecule has 1 N–H and O–H groups in total. The Kier molecular flexibility index (Phi) is 5.43. The Morgan fingerprint density at radius 2 is 1.76 bits per heavy atom. The molecule has 0 aliphatic heterocycles. The first-order valence-electron chi connectivity index (χ1n) is 5.86. The van der Waals surface area contributed by atoms with Gasteiger partial charge >= 0.3 is 5.97 Å². The number of esters is 1. The van der Waals surface area contributed by atoms with Crippen LogP contribution in [0.4, 0.5) is 0 Å². The number of aliphatic hydroxyl groups is 1. The van der Waals surface area contributed by atoms with Gasteiger partial charge < -0.3 is 9.84 Å². The lowest BCUT2D eigenvalue weighted by Gasteiger charge is -2.23. The van der Waals surface area contributed by atoms with Gasteiger partial charge in [0.1, 0.15) is 19.8 Å². The zero-order chi connectivity index (χ0) is 13.9. The third-order valence-corrected chi connectivity index (χ3v) is 2.74. The largest absolute Gasteiger partial charge is 0.460 e. The summed E-state index contributed by atoms with van der Waals surface area (Å²) in [6, 6.07) is 0. The molecule has 0 saturated heterocycles. The van der Waals surface area contributed by atoms with Crippen molar-refractivity contribution in [2.24, 2.45) is 5.92 Å². The van der Waals surface area contributed by atoms with Gasteiger partial charge in [-0.15, -0.1) is 5.54 Å². The first kappa shape index (κ1) is 16.2. The van der Waals surface area contributed by atoms with Crippen molar-refractivity contribution < 1.29 is 14.6 Å². The summed E-state index contributed by atoms with van der Waals surface area (Å²) < 4.78 is 5.20. The first-order chi connectivity index (χ1) is 7.42. The van der Waals surface area contributed by atoms with Crippen LogP contribution >= 0.6 is 0 Å². The maximum atomic E-state index is 11.7. The fraction of sp³-hybridized carbons (Fsp3) is 0.769. The first-order valence-corrected chi connectivity index (χ1v) is 9.36. The molecule has 0 unspecified atom stereocenters. The van der Waals surface area contributed by atoms with E-state index in [0.717, 1.165) is 0 Å². The molecule has 0 bridgehead atoms. The maximum absolute atomic E-state index is 11.7. The molecule has 4 heteroatoms. The number of carbonyl (C=O) groups is 1. The van der Waals surface area contributed by atoms with E-state index in [9.17, 15) is 9.90 Å². The minimum atomic E-state index is -1.52. The molecule has 0 aromatic rings. The zero-order valence-corrected chi connectivity index (χ0v) is 12.9.